The highest BCUT2D eigenvalue weighted by Crippen LogP contribution is 2.41. The average molecular weight is 436 g/mol. The van der Waals surface area contributed by atoms with E-state index in [4.69, 9.17) is 9.16 Å². The number of carbonyl (C=O) groups excluding carboxylic acids is 1. The molecule has 1 aromatic rings. The van der Waals surface area contributed by atoms with Crippen molar-refractivity contribution in [2.45, 2.75) is 103 Å². The summed E-state index contributed by atoms with van der Waals surface area (Å²) in [6.07, 6.45) is 1.16. The van der Waals surface area contributed by atoms with Gasteiger partial charge in [-0.1, -0.05) is 51.1 Å². The molecule has 1 amide bonds. The van der Waals surface area contributed by atoms with Crippen molar-refractivity contribution >= 4 is 14.4 Å². The first-order valence-electron chi connectivity index (χ1n) is 11.1. The van der Waals surface area contributed by atoms with Gasteiger partial charge in [0.1, 0.15) is 5.60 Å². The molecule has 1 saturated heterocycles. The summed E-state index contributed by atoms with van der Waals surface area (Å²) in [7, 11) is -2.02. The molecule has 0 aliphatic carbocycles. The quantitative estimate of drug-likeness (QED) is 0.585. The third-order valence-electron chi connectivity index (χ3n) is 6.21. The van der Waals surface area contributed by atoms with Gasteiger partial charge in [0, 0.05) is 6.04 Å². The molecule has 1 N–H and O–H groups in total. The Labute approximate surface area is 183 Å². The van der Waals surface area contributed by atoms with E-state index in [9.17, 15) is 9.90 Å². The molecule has 1 aliphatic rings. The zero-order valence-electron chi connectivity index (χ0n) is 20.1. The van der Waals surface area contributed by atoms with Gasteiger partial charge in [-0.15, -0.1) is 0 Å². The molecule has 3 atom stereocenters. The minimum absolute atomic E-state index is 0.0294. The average Bonchev–Trinajstić information content (AvgIpc) is 2.60. The maximum Gasteiger partial charge on any atom is 0.410 e. The number of likely N-dealkylation sites (tertiary alicyclic amines) is 1. The molecule has 1 heterocycles. The Morgan fingerprint density at radius 1 is 1.13 bits per heavy atom. The van der Waals surface area contributed by atoms with Crippen molar-refractivity contribution in [2.24, 2.45) is 0 Å². The molecular weight excluding hydrogens is 394 g/mol. The fourth-order valence-electron chi connectivity index (χ4n) is 3.50. The number of amides is 1. The fraction of sp³-hybridized carbons (Fsp3) is 0.708. The lowest BCUT2D eigenvalue weighted by Crippen LogP contribution is -2.51. The van der Waals surface area contributed by atoms with Gasteiger partial charge in [0.25, 0.3) is 0 Å². The molecule has 5 nitrogen and oxygen atoms in total. The van der Waals surface area contributed by atoms with E-state index in [1.807, 2.05) is 39.0 Å². The number of ether oxygens (including phenoxy) is 1. The Balaban J connectivity index is 2.28. The molecule has 170 valence electrons. The first-order chi connectivity index (χ1) is 13.7. The molecule has 0 bridgehead atoms. The summed E-state index contributed by atoms with van der Waals surface area (Å²) >= 11 is 0. The fourth-order valence-corrected chi connectivity index (χ4v) is 4.79. The van der Waals surface area contributed by atoms with E-state index < -0.39 is 20.0 Å². The molecular formula is C24H41NO4Si. The maximum atomic E-state index is 12.9. The zero-order chi connectivity index (χ0) is 22.7. The SMILES string of the molecule is CC(C)(C)OC(=O)N1CC(O)CCC1CC(O[Si](C)(C)C(C)(C)C)c1ccccc1. The van der Waals surface area contributed by atoms with Crippen molar-refractivity contribution in [1.82, 2.24) is 4.90 Å². The van der Waals surface area contributed by atoms with Gasteiger partial charge in [0.05, 0.1) is 18.8 Å². The number of aliphatic hydroxyl groups excluding tert-OH is 1. The molecule has 30 heavy (non-hydrogen) atoms. The number of benzene rings is 1. The van der Waals surface area contributed by atoms with Crippen LogP contribution in [0.25, 0.3) is 0 Å². The van der Waals surface area contributed by atoms with E-state index in [2.05, 4.69) is 46.0 Å². The van der Waals surface area contributed by atoms with Crippen molar-refractivity contribution in [3.8, 4) is 0 Å². The first kappa shape index (κ1) is 24.9. The second kappa shape index (κ2) is 9.41. The van der Waals surface area contributed by atoms with Crippen molar-refractivity contribution in [3.63, 3.8) is 0 Å². The van der Waals surface area contributed by atoms with Crippen LogP contribution in [0.1, 0.15) is 72.5 Å². The smallest absolute Gasteiger partial charge is 0.410 e. The van der Waals surface area contributed by atoms with Gasteiger partial charge in [0.15, 0.2) is 8.32 Å². The van der Waals surface area contributed by atoms with Crippen LogP contribution in [-0.4, -0.2) is 48.7 Å². The van der Waals surface area contributed by atoms with Crippen molar-refractivity contribution < 1.29 is 19.1 Å². The van der Waals surface area contributed by atoms with Gasteiger partial charge < -0.3 is 19.2 Å². The van der Waals surface area contributed by atoms with E-state index in [0.717, 1.165) is 12.0 Å². The summed E-state index contributed by atoms with van der Waals surface area (Å²) in [6.45, 7) is 17.2. The number of hydrogen-bond acceptors (Lipinski definition) is 4. The number of β-amino-alcohol motifs (C(OH)–C–C–N with tert-alkyl or cyclic N) is 1. The number of hydrogen-bond donors (Lipinski definition) is 1. The van der Waals surface area contributed by atoms with Crippen LogP contribution in [-0.2, 0) is 9.16 Å². The lowest BCUT2D eigenvalue weighted by atomic mass is 9.93. The zero-order valence-corrected chi connectivity index (χ0v) is 21.1. The summed E-state index contributed by atoms with van der Waals surface area (Å²) in [5.41, 5.74) is 0.568. The van der Waals surface area contributed by atoms with Crippen LogP contribution < -0.4 is 0 Å². The molecule has 0 radical (unpaired) electrons. The number of piperidine rings is 1. The Kier molecular flexibility index (Phi) is 7.81. The molecule has 1 fully saturated rings. The molecule has 2 rings (SSSR count). The van der Waals surface area contributed by atoms with E-state index in [1.54, 1.807) is 4.90 Å². The predicted molar refractivity (Wildman–Crippen MR) is 124 cm³/mol. The minimum atomic E-state index is -2.02. The number of aliphatic hydroxyl groups is 1. The lowest BCUT2D eigenvalue weighted by Gasteiger charge is -2.43. The highest BCUT2D eigenvalue weighted by Gasteiger charge is 2.41. The lowest BCUT2D eigenvalue weighted by molar-refractivity contribution is -0.0207. The summed E-state index contributed by atoms with van der Waals surface area (Å²) in [4.78, 5) is 14.6. The van der Waals surface area contributed by atoms with Gasteiger partial charge in [-0.3, -0.25) is 0 Å². The molecule has 0 spiro atoms. The van der Waals surface area contributed by atoms with Crippen molar-refractivity contribution in [2.75, 3.05) is 6.54 Å². The third-order valence-corrected chi connectivity index (χ3v) is 10.7. The number of carbonyl (C=O) groups is 1. The summed E-state index contributed by atoms with van der Waals surface area (Å²) < 4.78 is 12.5. The van der Waals surface area contributed by atoms with Gasteiger partial charge in [-0.05, 0) is 63.7 Å². The van der Waals surface area contributed by atoms with Gasteiger partial charge >= 0.3 is 6.09 Å². The normalized spacial score (nSPS) is 22.0. The van der Waals surface area contributed by atoms with E-state index in [-0.39, 0.29) is 23.3 Å². The van der Waals surface area contributed by atoms with Crippen molar-refractivity contribution in [1.29, 1.82) is 0 Å². The number of nitrogens with zero attached hydrogens (tertiary/aromatic N) is 1. The van der Waals surface area contributed by atoms with Crippen LogP contribution in [0.4, 0.5) is 4.79 Å². The highest BCUT2D eigenvalue weighted by atomic mass is 28.4. The van der Waals surface area contributed by atoms with Crippen LogP contribution in [0.15, 0.2) is 30.3 Å². The summed E-state index contributed by atoms with van der Waals surface area (Å²) in [5, 5.41) is 10.3. The predicted octanol–water partition coefficient (Wildman–Crippen LogP) is 5.90. The van der Waals surface area contributed by atoms with Crippen LogP contribution in [0, 0.1) is 0 Å². The molecule has 0 aromatic heterocycles. The van der Waals surface area contributed by atoms with E-state index in [0.29, 0.717) is 19.4 Å². The topological polar surface area (TPSA) is 59.0 Å². The van der Waals surface area contributed by atoms with Gasteiger partial charge in [-0.2, -0.15) is 0 Å². The van der Waals surface area contributed by atoms with Crippen LogP contribution in [0.5, 0.6) is 0 Å². The summed E-state index contributed by atoms with van der Waals surface area (Å²) in [5.74, 6) is 0. The Morgan fingerprint density at radius 2 is 1.73 bits per heavy atom. The van der Waals surface area contributed by atoms with Crippen LogP contribution in [0.2, 0.25) is 18.1 Å². The molecule has 0 saturated carbocycles. The molecule has 3 unspecified atom stereocenters. The Bertz CT molecular complexity index is 693. The first-order valence-corrected chi connectivity index (χ1v) is 14.0. The minimum Gasteiger partial charge on any atom is -0.444 e. The second-order valence-electron chi connectivity index (χ2n) is 11.0. The standard InChI is InChI=1S/C24H41NO4Si/c1-23(2,3)28-22(27)25-17-20(26)15-14-19(25)16-21(18-12-10-9-11-13-18)29-30(7,8)24(4,5)6/h9-13,19-21,26H,14-17H2,1-8H3. The van der Waals surface area contributed by atoms with Crippen molar-refractivity contribution in [3.05, 3.63) is 35.9 Å². The molecule has 1 aliphatic heterocycles. The van der Waals surface area contributed by atoms with Gasteiger partial charge in [0.2, 0.25) is 0 Å². The van der Waals surface area contributed by atoms with E-state index >= 15 is 0 Å². The highest BCUT2D eigenvalue weighted by molar-refractivity contribution is 6.74. The number of rotatable bonds is 5. The Hall–Kier alpha value is -1.37. The van der Waals surface area contributed by atoms with Crippen LogP contribution >= 0.6 is 0 Å². The molecule has 1 aromatic carbocycles. The largest absolute Gasteiger partial charge is 0.444 e. The second-order valence-corrected chi connectivity index (χ2v) is 15.8. The van der Waals surface area contributed by atoms with E-state index in [1.165, 1.54) is 0 Å². The maximum absolute atomic E-state index is 12.9. The molecule has 6 heteroatoms. The third kappa shape index (κ3) is 6.82. The Morgan fingerprint density at radius 3 is 2.27 bits per heavy atom. The summed E-state index contributed by atoms with van der Waals surface area (Å²) in [6, 6.07) is 10.3. The van der Waals surface area contributed by atoms with Gasteiger partial charge in [-0.25, -0.2) is 4.79 Å². The monoisotopic (exact) mass is 435 g/mol. The van der Waals surface area contributed by atoms with Crippen LogP contribution in [0.3, 0.4) is 0 Å².